The van der Waals surface area contributed by atoms with Gasteiger partial charge in [0.15, 0.2) is 10.4 Å². The van der Waals surface area contributed by atoms with Gasteiger partial charge in [0, 0.05) is 14.1 Å². The van der Waals surface area contributed by atoms with E-state index in [0.29, 0.717) is 22.5 Å². The molecule has 0 unspecified atom stereocenters. The number of rotatable bonds is 6. The second kappa shape index (κ2) is 8.52. The van der Waals surface area contributed by atoms with Crippen LogP contribution in [0, 0.1) is 0 Å². The standard InChI is InChI=1S/C20H21BrN4O4/c1-4-14-18(20(28)25(24(14)3)13-8-6-5-7-9-13)22-17(26)12-23(2)19(27)15-10-11-16(21)29-15/h5-11H,4,12H2,1-3H3,(H,22,26). The molecule has 9 heteroatoms. The average Bonchev–Trinajstić information content (AvgIpc) is 3.23. The number of anilines is 1. The molecule has 0 aliphatic heterocycles. The Bertz CT molecular complexity index is 1100. The molecule has 0 aliphatic rings. The van der Waals surface area contributed by atoms with Crippen LogP contribution in [-0.4, -0.2) is 39.7 Å². The number of nitrogens with one attached hydrogen (secondary N) is 1. The van der Waals surface area contributed by atoms with Crippen LogP contribution in [0.1, 0.15) is 23.2 Å². The molecule has 0 fully saturated rings. The minimum atomic E-state index is -0.468. The van der Waals surface area contributed by atoms with Crippen LogP contribution >= 0.6 is 15.9 Å². The number of halogens is 1. The van der Waals surface area contributed by atoms with Crippen LogP contribution < -0.4 is 10.9 Å². The molecule has 1 aromatic carbocycles. The SMILES string of the molecule is CCc1c(NC(=O)CN(C)C(=O)c2ccc(Br)o2)c(=O)n(-c2ccccc2)n1C. The zero-order chi connectivity index (χ0) is 21.1. The Morgan fingerprint density at radius 2 is 1.86 bits per heavy atom. The molecular weight excluding hydrogens is 440 g/mol. The molecule has 152 valence electrons. The highest BCUT2D eigenvalue weighted by molar-refractivity contribution is 9.10. The fourth-order valence-corrected chi connectivity index (χ4v) is 3.43. The first kappa shape index (κ1) is 20.7. The molecule has 0 aliphatic carbocycles. The van der Waals surface area contributed by atoms with E-state index in [4.69, 9.17) is 4.42 Å². The summed E-state index contributed by atoms with van der Waals surface area (Å²) >= 11 is 3.14. The molecule has 2 amide bonds. The van der Waals surface area contributed by atoms with Gasteiger partial charge in [-0.2, -0.15) is 0 Å². The normalized spacial score (nSPS) is 10.8. The number of likely N-dealkylation sites (N-methyl/N-ethyl adjacent to an activating group) is 1. The fraction of sp³-hybridized carbons (Fsp3) is 0.250. The quantitative estimate of drug-likeness (QED) is 0.612. The second-order valence-electron chi connectivity index (χ2n) is 6.46. The summed E-state index contributed by atoms with van der Waals surface area (Å²) in [6.45, 7) is 1.68. The van der Waals surface area contributed by atoms with Crippen molar-refractivity contribution in [3.05, 3.63) is 68.9 Å². The molecule has 2 aromatic heterocycles. The summed E-state index contributed by atoms with van der Waals surface area (Å²) in [5, 5.41) is 2.68. The largest absolute Gasteiger partial charge is 0.444 e. The van der Waals surface area contributed by atoms with Gasteiger partial charge in [-0.25, -0.2) is 4.68 Å². The molecule has 2 heterocycles. The lowest BCUT2D eigenvalue weighted by molar-refractivity contribution is -0.116. The highest BCUT2D eigenvalue weighted by Crippen LogP contribution is 2.17. The van der Waals surface area contributed by atoms with Crippen molar-refractivity contribution in [2.75, 3.05) is 18.9 Å². The molecule has 1 N–H and O–H groups in total. The zero-order valence-electron chi connectivity index (χ0n) is 16.3. The van der Waals surface area contributed by atoms with Crippen molar-refractivity contribution in [1.29, 1.82) is 0 Å². The van der Waals surface area contributed by atoms with E-state index in [-0.39, 0.29) is 23.6 Å². The van der Waals surface area contributed by atoms with Gasteiger partial charge in [0.05, 0.1) is 17.9 Å². The molecule has 0 bridgehead atoms. The minimum Gasteiger partial charge on any atom is -0.444 e. The van der Waals surface area contributed by atoms with Crippen molar-refractivity contribution < 1.29 is 14.0 Å². The van der Waals surface area contributed by atoms with E-state index in [1.807, 2.05) is 37.3 Å². The number of para-hydroxylation sites is 1. The van der Waals surface area contributed by atoms with Crippen molar-refractivity contribution in [3.8, 4) is 5.69 Å². The molecule has 8 nitrogen and oxygen atoms in total. The third-order valence-corrected chi connectivity index (χ3v) is 4.92. The van der Waals surface area contributed by atoms with Gasteiger partial charge in [-0.15, -0.1) is 0 Å². The van der Waals surface area contributed by atoms with Gasteiger partial charge < -0.3 is 14.6 Å². The Kier molecular flexibility index (Phi) is 6.07. The van der Waals surface area contributed by atoms with Crippen molar-refractivity contribution >= 4 is 33.4 Å². The van der Waals surface area contributed by atoms with Crippen molar-refractivity contribution in [2.24, 2.45) is 7.05 Å². The summed E-state index contributed by atoms with van der Waals surface area (Å²) in [5.41, 5.74) is 1.28. The van der Waals surface area contributed by atoms with E-state index in [0.717, 1.165) is 0 Å². The summed E-state index contributed by atoms with van der Waals surface area (Å²) in [6.07, 6.45) is 0.552. The van der Waals surface area contributed by atoms with Crippen molar-refractivity contribution in [1.82, 2.24) is 14.3 Å². The van der Waals surface area contributed by atoms with Crippen LogP contribution in [0.4, 0.5) is 5.69 Å². The number of hydrogen-bond donors (Lipinski definition) is 1. The van der Waals surface area contributed by atoms with Gasteiger partial charge >= 0.3 is 0 Å². The van der Waals surface area contributed by atoms with Crippen LogP contribution in [0.3, 0.4) is 0 Å². The second-order valence-corrected chi connectivity index (χ2v) is 7.25. The smallest absolute Gasteiger partial charge is 0.295 e. The first-order valence-electron chi connectivity index (χ1n) is 9.00. The Balaban J connectivity index is 1.82. The lowest BCUT2D eigenvalue weighted by Gasteiger charge is -2.15. The average molecular weight is 461 g/mol. The minimum absolute atomic E-state index is 0.118. The predicted octanol–water partition coefficient (Wildman–Crippen LogP) is 2.80. The van der Waals surface area contributed by atoms with E-state index in [1.165, 1.54) is 22.7 Å². The molecule has 0 saturated heterocycles. The summed E-state index contributed by atoms with van der Waals surface area (Å²) in [6, 6.07) is 12.3. The number of benzene rings is 1. The maximum Gasteiger partial charge on any atom is 0.295 e. The Hall–Kier alpha value is -3.07. The van der Waals surface area contributed by atoms with Gasteiger partial charge in [0.2, 0.25) is 5.91 Å². The van der Waals surface area contributed by atoms with Gasteiger partial charge in [-0.1, -0.05) is 25.1 Å². The maximum atomic E-state index is 13.0. The summed E-state index contributed by atoms with van der Waals surface area (Å²) < 4.78 is 8.88. The summed E-state index contributed by atoms with van der Waals surface area (Å²) in [4.78, 5) is 39.1. The zero-order valence-corrected chi connectivity index (χ0v) is 17.9. The lowest BCUT2D eigenvalue weighted by Crippen LogP contribution is -2.35. The highest BCUT2D eigenvalue weighted by atomic mass is 79.9. The lowest BCUT2D eigenvalue weighted by atomic mass is 10.3. The molecular formula is C20H21BrN4O4. The molecule has 3 rings (SSSR count). The van der Waals surface area contributed by atoms with Crippen molar-refractivity contribution in [3.63, 3.8) is 0 Å². The van der Waals surface area contributed by atoms with E-state index < -0.39 is 11.8 Å². The number of furan rings is 1. The third-order valence-electron chi connectivity index (χ3n) is 4.50. The molecule has 0 radical (unpaired) electrons. The molecule has 0 spiro atoms. The van der Waals surface area contributed by atoms with Crippen LogP contribution in [0.2, 0.25) is 0 Å². The van der Waals surface area contributed by atoms with Gasteiger partial charge in [-0.05, 0) is 46.6 Å². The van der Waals surface area contributed by atoms with E-state index in [2.05, 4.69) is 21.2 Å². The van der Waals surface area contributed by atoms with Crippen LogP contribution in [0.25, 0.3) is 5.69 Å². The topological polar surface area (TPSA) is 89.5 Å². The van der Waals surface area contributed by atoms with Gasteiger partial charge in [-0.3, -0.25) is 19.1 Å². The van der Waals surface area contributed by atoms with Crippen LogP contribution in [0.15, 0.2) is 56.3 Å². The Morgan fingerprint density at radius 3 is 2.45 bits per heavy atom. The van der Waals surface area contributed by atoms with Gasteiger partial charge in [0.1, 0.15) is 5.69 Å². The van der Waals surface area contributed by atoms with E-state index in [9.17, 15) is 14.4 Å². The molecule has 29 heavy (non-hydrogen) atoms. The van der Waals surface area contributed by atoms with E-state index >= 15 is 0 Å². The number of carbonyl (C=O) groups excluding carboxylic acids is 2. The molecule has 3 aromatic rings. The van der Waals surface area contributed by atoms with Gasteiger partial charge in [0.25, 0.3) is 11.5 Å². The molecule has 0 atom stereocenters. The number of amides is 2. The van der Waals surface area contributed by atoms with E-state index in [1.54, 1.807) is 17.8 Å². The number of carbonyl (C=O) groups is 2. The summed E-state index contributed by atoms with van der Waals surface area (Å²) in [7, 11) is 3.26. The monoisotopic (exact) mass is 460 g/mol. The van der Waals surface area contributed by atoms with Crippen LogP contribution in [-0.2, 0) is 18.3 Å². The highest BCUT2D eigenvalue weighted by Gasteiger charge is 2.22. The van der Waals surface area contributed by atoms with Crippen LogP contribution in [0.5, 0.6) is 0 Å². The van der Waals surface area contributed by atoms with Crippen molar-refractivity contribution in [2.45, 2.75) is 13.3 Å². The first-order valence-corrected chi connectivity index (χ1v) is 9.79. The summed E-state index contributed by atoms with van der Waals surface area (Å²) in [5.74, 6) is -0.784. The predicted molar refractivity (Wildman–Crippen MR) is 112 cm³/mol. The third kappa shape index (κ3) is 4.19. The Morgan fingerprint density at radius 1 is 1.17 bits per heavy atom. The number of nitrogens with zero attached hydrogens (tertiary/aromatic N) is 3. The fourth-order valence-electron chi connectivity index (χ4n) is 3.12. The molecule has 0 saturated carbocycles. The first-order chi connectivity index (χ1) is 13.8. The number of hydrogen-bond acceptors (Lipinski definition) is 4. The maximum absolute atomic E-state index is 13.0. The Labute approximate surface area is 175 Å². The number of aromatic nitrogens is 2.